The van der Waals surface area contributed by atoms with E-state index in [4.69, 9.17) is 9.47 Å². The minimum atomic E-state index is -0.836. The number of ether oxygens (including phenoxy) is 2. The van der Waals surface area contributed by atoms with Crippen molar-refractivity contribution in [1.82, 2.24) is 0 Å². The van der Waals surface area contributed by atoms with Gasteiger partial charge in [-0.2, -0.15) is 0 Å². The summed E-state index contributed by atoms with van der Waals surface area (Å²) >= 11 is 0. The van der Waals surface area contributed by atoms with Crippen LogP contribution in [0.4, 0.5) is 13.2 Å². The predicted molar refractivity (Wildman–Crippen MR) is 111 cm³/mol. The molecule has 0 aromatic heterocycles. The second-order valence-corrected chi connectivity index (χ2v) is 8.63. The summed E-state index contributed by atoms with van der Waals surface area (Å²) in [7, 11) is 1.20. The lowest BCUT2D eigenvalue weighted by atomic mass is 9.65. The zero-order chi connectivity index (χ0) is 21.3. The summed E-state index contributed by atoms with van der Waals surface area (Å²) in [5.41, 5.74) is 1.36. The summed E-state index contributed by atoms with van der Waals surface area (Å²) in [5, 5.41) is 0. The average Bonchev–Trinajstić information content (AvgIpc) is 2.73. The molecule has 4 rings (SSSR count). The highest BCUT2D eigenvalue weighted by atomic mass is 19.1. The first-order chi connectivity index (χ1) is 14.5. The number of hydrogen-bond donors (Lipinski definition) is 0. The number of halogens is 3. The molecule has 2 saturated carbocycles. The maximum Gasteiger partial charge on any atom is 0.190 e. The van der Waals surface area contributed by atoms with E-state index >= 15 is 0 Å². The molecule has 0 amide bonds. The van der Waals surface area contributed by atoms with Crippen LogP contribution < -0.4 is 4.74 Å². The Hall–Kier alpha value is -2.01. The lowest BCUT2D eigenvalue weighted by Crippen LogP contribution is -2.33. The molecule has 2 aliphatic rings. The van der Waals surface area contributed by atoms with E-state index in [-0.39, 0.29) is 11.1 Å². The van der Waals surface area contributed by atoms with Crippen LogP contribution in [0.3, 0.4) is 0 Å². The van der Waals surface area contributed by atoms with Gasteiger partial charge >= 0.3 is 0 Å². The summed E-state index contributed by atoms with van der Waals surface area (Å²) in [6.07, 6.45) is 7.11. The Morgan fingerprint density at radius 3 is 2.23 bits per heavy atom. The fourth-order valence-corrected chi connectivity index (χ4v) is 5.47. The molecule has 0 heterocycles. The molecule has 0 N–H and O–H groups in total. The van der Waals surface area contributed by atoms with Crippen molar-refractivity contribution in [3.05, 3.63) is 53.3 Å². The molecule has 0 aliphatic heterocycles. The summed E-state index contributed by atoms with van der Waals surface area (Å²) in [6.45, 7) is 2.83. The third-order valence-corrected chi connectivity index (χ3v) is 6.95. The van der Waals surface area contributed by atoms with Crippen LogP contribution in [0.15, 0.2) is 30.3 Å². The third-order valence-electron chi connectivity index (χ3n) is 6.95. The molecule has 2 fully saturated rings. The maximum absolute atomic E-state index is 14.9. The number of methoxy groups -OCH3 is 1. The van der Waals surface area contributed by atoms with Crippen LogP contribution in [-0.4, -0.2) is 19.8 Å². The molecular weight excluding hydrogens is 389 g/mol. The molecule has 30 heavy (non-hydrogen) atoms. The lowest BCUT2D eigenvalue weighted by Gasteiger charge is -2.42. The minimum absolute atomic E-state index is 0.174. The molecule has 0 spiro atoms. The van der Waals surface area contributed by atoms with Gasteiger partial charge in [0.25, 0.3) is 0 Å². The molecule has 0 radical (unpaired) electrons. The minimum Gasteiger partial charge on any atom is -0.491 e. The van der Waals surface area contributed by atoms with Crippen molar-refractivity contribution < 1.29 is 22.6 Å². The normalized spacial score (nSPS) is 26.3. The van der Waals surface area contributed by atoms with Crippen LogP contribution in [0, 0.1) is 29.3 Å². The van der Waals surface area contributed by atoms with E-state index in [1.165, 1.54) is 13.5 Å². The number of benzene rings is 2. The Morgan fingerprint density at radius 1 is 0.867 bits per heavy atom. The Bertz CT molecular complexity index is 875. The number of hydrogen-bond acceptors (Lipinski definition) is 2. The summed E-state index contributed by atoms with van der Waals surface area (Å²) in [5.74, 6) is -0.851. The monoisotopic (exact) mass is 418 g/mol. The van der Waals surface area contributed by atoms with E-state index in [1.807, 2.05) is 6.07 Å². The van der Waals surface area contributed by atoms with Crippen molar-refractivity contribution in [1.29, 1.82) is 0 Å². The van der Waals surface area contributed by atoms with E-state index in [0.29, 0.717) is 23.9 Å². The van der Waals surface area contributed by atoms with E-state index in [9.17, 15) is 13.2 Å². The van der Waals surface area contributed by atoms with E-state index in [1.54, 1.807) is 12.1 Å². The molecule has 2 aliphatic carbocycles. The Kier molecular flexibility index (Phi) is 6.37. The van der Waals surface area contributed by atoms with Crippen molar-refractivity contribution in [2.45, 2.75) is 57.5 Å². The predicted octanol–water partition coefficient (Wildman–Crippen LogP) is 6.87. The number of rotatable bonds is 5. The molecule has 5 heteroatoms. The number of fused-ring (bicyclic) bond motifs is 1. The summed E-state index contributed by atoms with van der Waals surface area (Å²) in [4.78, 5) is 0. The zero-order valence-corrected chi connectivity index (χ0v) is 17.6. The van der Waals surface area contributed by atoms with Gasteiger partial charge in [-0.15, -0.1) is 0 Å². The van der Waals surface area contributed by atoms with Crippen molar-refractivity contribution in [2.75, 3.05) is 13.7 Å². The van der Waals surface area contributed by atoms with E-state index in [0.717, 1.165) is 56.4 Å². The topological polar surface area (TPSA) is 18.5 Å². The first-order valence-corrected chi connectivity index (χ1v) is 10.9. The molecule has 2 aromatic rings. The Morgan fingerprint density at radius 2 is 1.57 bits per heavy atom. The van der Waals surface area contributed by atoms with Gasteiger partial charge in [0, 0.05) is 12.2 Å². The highest BCUT2D eigenvalue weighted by Gasteiger charge is 2.36. The van der Waals surface area contributed by atoms with Gasteiger partial charge in [-0.25, -0.2) is 13.2 Å². The summed E-state index contributed by atoms with van der Waals surface area (Å²) < 4.78 is 53.5. The molecular formula is C25H29F3O2. The lowest BCUT2D eigenvalue weighted by molar-refractivity contribution is -0.00956. The van der Waals surface area contributed by atoms with Gasteiger partial charge in [-0.1, -0.05) is 12.1 Å². The fraction of sp³-hybridized carbons (Fsp3) is 0.520. The van der Waals surface area contributed by atoms with Crippen LogP contribution >= 0.6 is 0 Å². The second-order valence-electron chi connectivity index (χ2n) is 8.63. The van der Waals surface area contributed by atoms with Crippen molar-refractivity contribution in [3.63, 3.8) is 0 Å². The van der Waals surface area contributed by atoms with Gasteiger partial charge in [-0.3, -0.25) is 0 Å². The first-order valence-electron chi connectivity index (χ1n) is 10.9. The molecule has 0 bridgehead atoms. The van der Waals surface area contributed by atoms with Crippen LogP contribution in [0.25, 0.3) is 11.1 Å². The van der Waals surface area contributed by atoms with Crippen LogP contribution in [0.1, 0.15) is 56.9 Å². The quantitative estimate of drug-likeness (QED) is 0.528. The van der Waals surface area contributed by atoms with Crippen LogP contribution in [0.5, 0.6) is 5.75 Å². The fourth-order valence-electron chi connectivity index (χ4n) is 5.47. The van der Waals surface area contributed by atoms with E-state index in [2.05, 4.69) is 6.92 Å². The van der Waals surface area contributed by atoms with Gasteiger partial charge in [0.2, 0.25) is 0 Å². The van der Waals surface area contributed by atoms with Gasteiger partial charge in [0.05, 0.1) is 13.2 Å². The largest absolute Gasteiger partial charge is 0.491 e. The summed E-state index contributed by atoms with van der Waals surface area (Å²) in [6, 6.07) is 7.33. The SMILES string of the molecule is CCOC1CCC2CC(c3ccc(-c4cc(F)c(OC)c(F)c4)c(F)c3)CCC2C1. The molecule has 4 atom stereocenters. The smallest absolute Gasteiger partial charge is 0.190 e. The molecule has 2 aromatic carbocycles. The van der Waals surface area contributed by atoms with Crippen LogP contribution in [0.2, 0.25) is 0 Å². The van der Waals surface area contributed by atoms with Crippen molar-refractivity contribution in [2.24, 2.45) is 11.8 Å². The standard InChI is InChI=1S/C25H29F3O2/c1-3-30-20-8-6-16-10-15(4-5-17(16)11-20)18-7-9-21(22(26)12-18)19-13-23(27)25(29-2)24(28)14-19/h7,9,12-17,20H,3-6,8,10-11H2,1-2H3. The average molecular weight is 418 g/mol. The molecule has 162 valence electrons. The molecule has 0 saturated heterocycles. The van der Waals surface area contributed by atoms with Crippen LogP contribution in [-0.2, 0) is 4.74 Å². The van der Waals surface area contributed by atoms with Gasteiger partial charge < -0.3 is 9.47 Å². The molecule has 4 unspecified atom stereocenters. The molecule has 2 nitrogen and oxygen atoms in total. The van der Waals surface area contributed by atoms with Gasteiger partial charge in [0.1, 0.15) is 5.82 Å². The van der Waals surface area contributed by atoms with E-state index < -0.39 is 23.2 Å². The van der Waals surface area contributed by atoms with Crippen molar-refractivity contribution >= 4 is 0 Å². The highest BCUT2D eigenvalue weighted by molar-refractivity contribution is 5.66. The second kappa shape index (κ2) is 9.01. The Balaban J connectivity index is 1.49. The van der Waals surface area contributed by atoms with Crippen molar-refractivity contribution in [3.8, 4) is 16.9 Å². The van der Waals surface area contributed by atoms with Gasteiger partial charge in [0.15, 0.2) is 17.4 Å². The van der Waals surface area contributed by atoms with Gasteiger partial charge in [-0.05, 0) is 92.5 Å². The highest BCUT2D eigenvalue weighted by Crippen LogP contribution is 2.47. The Labute approximate surface area is 176 Å². The zero-order valence-electron chi connectivity index (χ0n) is 17.6. The first kappa shape index (κ1) is 21.2. The maximum atomic E-state index is 14.9. The third kappa shape index (κ3) is 4.22.